The number of carbonyl (C=O) groups is 1. The predicted molar refractivity (Wildman–Crippen MR) is 92.9 cm³/mol. The molecule has 0 radical (unpaired) electrons. The lowest BCUT2D eigenvalue weighted by Gasteiger charge is -2.04. The molecule has 0 unspecified atom stereocenters. The molecule has 0 saturated heterocycles. The number of nitrogens with one attached hydrogen (secondary N) is 1. The van der Waals surface area contributed by atoms with Crippen molar-refractivity contribution in [2.24, 2.45) is 0 Å². The number of nitriles is 1. The molecule has 1 N–H and O–H groups in total. The summed E-state index contributed by atoms with van der Waals surface area (Å²) in [4.78, 5) is 12.0. The van der Waals surface area contributed by atoms with Crippen LogP contribution in [0.4, 0.5) is 5.69 Å². The second-order valence-corrected chi connectivity index (χ2v) is 5.63. The second-order valence-electron chi connectivity index (χ2n) is 5.22. The van der Waals surface area contributed by atoms with Gasteiger partial charge in [-0.3, -0.25) is 4.79 Å². The van der Waals surface area contributed by atoms with Gasteiger partial charge in [-0.25, -0.2) is 0 Å². The highest BCUT2D eigenvalue weighted by molar-refractivity contribution is 6.33. The van der Waals surface area contributed by atoms with Gasteiger partial charge in [-0.05, 0) is 30.3 Å². The molecule has 1 amide bonds. The molecule has 0 spiro atoms. The van der Waals surface area contributed by atoms with Crippen LogP contribution < -0.4 is 5.32 Å². The van der Waals surface area contributed by atoms with Crippen molar-refractivity contribution in [1.29, 1.82) is 5.26 Å². The third kappa shape index (κ3) is 4.22. The van der Waals surface area contributed by atoms with Crippen LogP contribution in [-0.2, 0) is 11.2 Å². The predicted octanol–water partition coefficient (Wildman–Crippen LogP) is 3.83. The van der Waals surface area contributed by atoms with Crippen molar-refractivity contribution < 1.29 is 9.21 Å². The number of amides is 1. The van der Waals surface area contributed by atoms with E-state index >= 15 is 0 Å². The van der Waals surface area contributed by atoms with Crippen LogP contribution in [0.3, 0.4) is 0 Å². The van der Waals surface area contributed by atoms with E-state index in [2.05, 4.69) is 15.5 Å². The number of rotatable bonds is 5. The Hall–Kier alpha value is -3.17. The normalized spacial score (nSPS) is 10.2. The van der Waals surface area contributed by atoms with Gasteiger partial charge in [0.05, 0.1) is 22.2 Å². The standard InChI is InChI=1S/C18H13ClN4O2/c19-15-7-2-1-6-14(15)18-23-22-17(25-18)9-8-16(24)21-13-5-3-4-12(10-13)11-20/h1-7,10H,8-9H2,(H,21,24). The van der Waals surface area contributed by atoms with Gasteiger partial charge >= 0.3 is 0 Å². The number of benzene rings is 2. The molecule has 0 aliphatic rings. The summed E-state index contributed by atoms with van der Waals surface area (Å²) in [7, 11) is 0. The topological polar surface area (TPSA) is 91.8 Å². The number of carbonyl (C=O) groups excluding carboxylic acids is 1. The van der Waals surface area contributed by atoms with E-state index in [1.54, 1.807) is 36.4 Å². The van der Waals surface area contributed by atoms with Crippen molar-refractivity contribution in [2.75, 3.05) is 5.32 Å². The minimum atomic E-state index is -0.201. The highest BCUT2D eigenvalue weighted by Gasteiger charge is 2.13. The SMILES string of the molecule is N#Cc1cccc(NC(=O)CCc2nnc(-c3ccccc3Cl)o2)c1. The summed E-state index contributed by atoms with van der Waals surface area (Å²) in [5.41, 5.74) is 1.71. The van der Waals surface area contributed by atoms with Crippen LogP contribution in [0.15, 0.2) is 52.9 Å². The average Bonchev–Trinajstić information content (AvgIpc) is 3.09. The summed E-state index contributed by atoms with van der Waals surface area (Å²) in [5.74, 6) is 0.478. The highest BCUT2D eigenvalue weighted by atomic mass is 35.5. The van der Waals surface area contributed by atoms with Crippen molar-refractivity contribution in [3.8, 4) is 17.5 Å². The molecule has 0 saturated carbocycles. The van der Waals surface area contributed by atoms with E-state index in [-0.39, 0.29) is 12.3 Å². The summed E-state index contributed by atoms with van der Waals surface area (Å²) >= 11 is 6.10. The molecule has 25 heavy (non-hydrogen) atoms. The van der Waals surface area contributed by atoms with Crippen molar-refractivity contribution in [3.63, 3.8) is 0 Å². The molecule has 0 fully saturated rings. The van der Waals surface area contributed by atoms with Crippen LogP contribution in [0.25, 0.3) is 11.5 Å². The Morgan fingerprint density at radius 3 is 2.84 bits per heavy atom. The van der Waals surface area contributed by atoms with Crippen LogP contribution in [0, 0.1) is 11.3 Å². The van der Waals surface area contributed by atoms with Crippen LogP contribution in [0.1, 0.15) is 17.9 Å². The Morgan fingerprint density at radius 1 is 1.20 bits per heavy atom. The first-order valence-corrected chi connectivity index (χ1v) is 7.91. The summed E-state index contributed by atoms with van der Waals surface area (Å²) in [6.07, 6.45) is 0.488. The Kier molecular flexibility index (Phi) is 5.07. The maximum Gasteiger partial charge on any atom is 0.249 e. The fraction of sp³-hybridized carbons (Fsp3) is 0.111. The maximum absolute atomic E-state index is 12.0. The lowest BCUT2D eigenvalue weighted by Crippen LogP contribution is -2.12. The minimum absolute atomic E-state index is 0.181. The number of nitrogens with zero attached hydrogens (tertiary/aromatic N) is 3. The molecule has 0 atom stereocenters. The quantitative estimate of drug-likeness (QED) is 0.753. The molecule has 7 heteroatoms. The zero-order valence-corrected chi connectivity index (χ0v) is 13.8. The van der Waals surface area contributed by atoms with Crippen LogP contribution in [0.2, 0.25) is 5.02 Å². The lowest BCUT2D eigenvalue weighted by molar-refractivity contribution is -0.116. The van der Waals surface area contributed by atoms with Gasteiger partial charge in [-0.15, -0.1) is 10.2 Å². The molecular formula is C18H13ClN4O2. The molecule has 6 nitrogen and oxygen atoms in total. The van der Waals surface area contributed by atoms with Gasteiger partial charge in [0.2, 0.25) is 17.7 Å². The first kappa shape index (κ1) is 16.7. The molecular weight excluding hydrogens is 340 g/mol. The van der Waals surface area contributed by atoms with E-state index in [0.29, 0.717) is 40.0 Å². The third-order valence-corrected chi connectivity index (χ3v) is 3.74. The van der Waals surface area contributed by atoms with Crippen LogP contribution >= 0.6 is 11.6 Å². The fourth-order valence-electron chi connectivity index (χ4n) is 2.21. The van der Waals surface area contributed by atoms with Gasteiger partial charge < -0.3 is 9.73 Å². The molecule has 2 aromatic carbocycles. The highest BCUT2D eigenvalue weighted by Crippen LogP contribution is 2.26. The van der Waals surface area contributed by atoms with E-state index in [1.807, 2.05) is 18.2 Å². The second kappa shape index (κ2) is 7.60. The minimum Gasteiger partial charge on any atom is -0.421 e. The third-order valence-electron chi connectivity index (χ3n) is 3.41. The molecule has 0 aliphatic heterocycles. The van der Waals surface area contributed by atoms with Gasteiger partial charge in [0, 0.05) is 18.5 Å². The van der Waals surface area contributed by atoms with Crippen molar-refractivity contribution in [1.82, 2.24) is 10.2 Å². The van der Waals surface area contributed by atoms with Crippen molar-refractivity contribution in [3.05, 3.63) is 65.0 Å². The van der Waals surface area contributed by atoms with Gasteiger partial charge in [0.15, 0.2) is 0 Å². The fourth-order valence-corrected chi connectivity index (χ4v) is 2.43. The van der Waals surface area contributed by atoms with Crippen LogP contribution in [0.5, 0.6) is 0 Å². The van der Waals surface area contributed by atoms with Crippen molar-refractivity contribution >= 4 is 23.2 Å². The first-order valence-electron chi connectivity index (χ1n) is 7.53. The summed E-state index contributed by atoms with van der Waals surface area (Å²) in [6.45, 7) is 0. The number of aryl methyl sites for hydroxylation is 1. The summed E-state index contributed by atoms with van der Waals surface area (Å²) in [6, 6.07) is 15.9. The monoisotopic (exact) mass is 352 g/mol. The number of hydrogen-bond acceptors (Lipinski definition) is 5. The smallest absolute Gasteiger partial charge is 0.249 e. The number of halogens is 1. The molecule has 0 aliphatic carbocycles. The molecule has 124 valence electrons. The van der Waals surface area contributed by atoms with E-state index in [4.69, 9.17) is 21.3 Å². The van der Waals surface area contributed by atoms with Crippen LogP contribution in [-0.4, -0.2) is 16.1 Å². The average molecular weight is 353 g/mol. The Bertz CT molecular complexity index is 946. The molecule has 0 bridgehead atoms. The summed E-state index contributed by atoms with van der Waals surface area (Å²) in [5, 5.41) is 20.0. The van der Waals surface area contributed by atoms with Gasteiger partial charge in [0.25, 0.3) is 0 Å². The first-order chi connectivity index (χ1) is 12.2. The Morgan fingerprint density at radius 2 is 2.04 bits per heavy atom. The zero-order chi connectivity index (χ0) is 17.6. The summed E-state index contributed by atoms with van der Waals surface area (Å²) < 4.78 is 5.56. The zero-order valence-electron chi connectivity index (χ0n) is 13.1. The lowest BCUT2D eigenvalue weighted by atomic mass is 10.2. The molecule has 3 aromatic rings. The largest absolute Gasteiger partial charge is 0.421 e. The number of hydrogen-bond donors (Lipinski definition) is 1. The van der Waals surface area contributed by atoms with Gasteiger partial charge in [-0.1, -0.05) is 29.8 Å². The molecule has 1 heterocycles. The number of aromatic nitrogens is 2. The Labute approximate surface area is 149 Å². The van der Waals surface area contributed by atoms with E-state index < -0.39 is 0 Å². The van der Waals surface area contributed by atoms with E-state index in [1.165, 1.54) is 0 Å². The maximum atomic E-state index is 12.0. The van der Waals surface area contributed by atoms with Crippen molar-refractivity contribution in [2.45, 2.75) is 12.8 Å². The van der Waals surface area contributed by atoms with E-state index in [0.717, 1.165) is 0 Å². The number of anilines is 1. The molecule has 1 aromatic heterocycles. The Balaban J connectivity index is 1.60. The van der Waals surface area contributed by atoms with E-state index in [9.17, 15) is 4.79 Å². The molecule has 3 rings (SSSR count). The van der Waals surface area contributed by atoms with Gasteiger partial charge in [-0.2, -0.15) is 5.26 Å². The van der Waals surface area contributed by atoms with Gasteiger partial charge in [0.1, 0.15) is 0 Å².